The molecule has 0 unspecified atom stereocenters. The van der Waals surface area contributed by atoms with Gasteiger partial charge >= 0.3 is 0 Å². The van der Waals surface area contributed by atoms with Gasteiger partial charge in [0, 0.05) is 31.9 Å². The van der Waals surface area contributed by atoms with Gasteiger partial charge in [0.05, 0.1) is 10.7 Å². The number of anilines is 1. The lowest BCUT2D eigenvalue weighted by Gasteiger charge is -2.23. The van der Waals surface area contributed by atoms with Gasteiger partial charge in [-0.25, -0.2) is 0 Å². The second-order valence-electron chi connectivity index (χ2n) is 4.82. The van der Waals surface area contributed by atoms with Crippen molar-refractivity contribution in [2.45, 2.75) is 25.4 Å². The summed E-state index contributed by atoms with van der Waals surface area (Å²) in [6.07, 6.45) is 4.77. The van der Waals surface area contributed by atoms with Gasteiger partial charge in [-0.15, -0.1) is 0 Å². The van der Waals surface area contributed by atoms with E-state index in [9.17, 15) is 0 Å². The lowest BCUT2D eigenvalue weighted by atomic mass is 10.1. The third-order valence-electron chi connectivity index (χ3n) is 3.24. The molecule has 0 amide bonds. The van der Waals surface area contributed by atoms with Gasteiger partial charge in [0.15, 0.2) is 0 Å². The summed E-state index contributed by atoms with van der Waals surface area (Å²) >= 11 is 8.22. The fourth-order valence-corrected chi connectivity index (χ4v) is 2.81. The summed E-state index contributed by atoms with van der Waals surface area (Å²) < 4.78 is 0. The Morgan fingerprint density at radius 2 is 2.22 bits per heavy atom. The van der Waals surface area contributed by atoms with Gasteiger partial charge in [-0.05, 0) is 30.7 Å². The van der Waals surface area contributed by atoms with Crippen molar-refractivity contribution in [1.82, 2.24) is 5.32 Å². The highest BCUT2D eigenvalue weighted by Gasteiger charge is 2.21. The number of thioether (sulfide) groups is 1. The van der Waals surface area contributed by atoms with E-state index in [0.29, 0.717) is 0 Å². The quantitative estimate of drug-likeness (QED) is 0.826. The largest absolute Gasteiger partial charge is 0.372 e. The van der Waals surface area contributed by atoms with E-state index in [-0.39, 0.29) is 0 Å². The average molecular weight is 285 g/mol. The zero-order valence-corrected chi connectivity index (χ0v) is 12.7. The molecule has 2 nitrogen and oxygen atoms in total. The third-order valence-corrected chi connectivity index (χ3v) is 4.14. The molecule has 0 saturated heterocycles. The fourth-order valence-electron chi connectivity index (χ4n) is 2.01. The van der Waals surface area contributed by atoms with Crippen molar-refractivity contribution >= 4 is 29.1 Å². The molecule has 0 aromatic heterocycles. The molecule has 0 spiro atoms. The summed E-state index contributed by atoms with van der Waals surface area (Å²) in [5.74, 6) is 1.12. The first-order valence-electron chi connectivity index (χ1n) is 6.43. The molecule has 0 bridgehead atoms. The Morgan fingerprint density at radius 1 is 1.44 bits per heavy atom. The summed E-state index contributed by atoms with van der Waals surface area (Å²) in [6.45, 7) is 1.95. The summed E-state index contributed by atoms with van der Waals surface area (Å²) in [6, 6.07) is 6.92. The van der Waals surface area contributed by atoms with E-state index in [2.05, 4.69) is 29.6 Å². The van der Waals surface area contributed by atoms with Crippen molar-refractivity contribution in [2.75, 3.05) is 30.5 Å². The number of rotatable bonds is 7. The molecule has 2 rings (SSSR count). The molecule has 1 saturated carbocycles. The molecule has 1 aliphatic rings. The van der Waals surface area contributed by atoms with Crippen LogP contribution in [0.5, 0.6) is 0 Å². The first-order valence-corrected chi connectivity index (χ1v) is 8.20. The normalized spacial score (nSPS) is 14.8. The summed E-state index contributed by atoms with van der Waals surface area (Å²) in [4.78, 5) is 2.27. The Morgan fingerprint density at radius 3 is 2.89 bits per heavy atom. The third kappa shape index (κ3) is 3.81. The van der Waals surface area contributed by atoms with Crippen LogP contribution >= 0.6 is 23.4 Å². The first kappa shape index (κ1) is 14.0. The lowest BCUT2D eigenvalue weighted by molar-refractivity contribution is 0.686. The number of para-hydroxylation sites is 1. The van der Waals surface area contributed by atoms with Gasteiger partial charge in [0.25, 0.3) is 0 Å². The highest BCUT2D eigenvalue weighted by molar-refractivity contribution is 7.98. The maximum Gasteiger partial charge on any atom is 0.0642 e. The molecule has 4 heteroatoms. The molecule has 1 N–H and O–H groups in total. The van der Waals surface area contributed by atoms with Crippen molar-refractivity contribution in [3.63, 3.8) is 0 Å². The monoisotopic (exact) mass is 284 g/mol. The Balaban J connectivity index is 2.08. The molecule has 0 radical (unpaired) electrons. The first-order chi connectivity index (χ1) is 8.72. The van der Waals surface area contributed by atoms with Gasteiger partial charge in [-0.3, -0.25) is 0 Å². The van der Waals surface area contributed by atoms with Crippen LogP contribution in [0.25, 0.3) is 0 Å². The van der Waals surface area contributed by atoms with E-state index in [0.717, 1.165) is 29.9 Å². The summed E-state index contributed by atoms with van der Waals surface area (Å²) in [7, 11) is 2.12. The summed E-state index contributed by atoms with van der Waals surface area (Å²) in [5, 5.41) is 4.42. The smallest absolute Gasteiger partial charge is 0.0642 e. The Kier molecular flexibility index (Phi) is 5.22. The van der Waals surface area contributed by atoms with Crippen molar-refractivity contribution in [3.05, 3.63) is 28.8 Å². The fraction of sp³-hybridized carbons (Fsp3) is 0.571. The van der Waals surface area contributed by atoms with E-state index in [1.165, 1.54) is 24.1 Å². The van der Waals surface area contributed by atoms with Gasteiger partial charge in [0.2, 0.25) is 0 Å². The molecule has 100 valence electrons. The average Bonchev–Trinajstić information content (AvgIpc) is 3.17. The minimum atomic E-state index is 0.730. The predicted octanol–water partition coefficient (Wildman–Crippen LogP) is 3.39. The number of hydrogen-bond acceptors (Lipinski definition) is 3. The summed E-state index contributed by atoms with van der Waals surface area (Å²) in [5.41, 5.74) is 2.49. The van der Waals surface area contributed by atoms with Crippen molar-refractivity contribution in [2.24, 2.45) is 0 Å². The number of benzene rings is 1. The topological polar surface area (TPSA) is 15.3 Å². The second kappa shape index (κ2) is 6.69. The molecule has 1 aromatic carbocycles. The predicted molar refractivity (Wildman–Crippen MR) is 83.0 cm³/mol. The number of nitrogens with zero attached hydrogens (tertiary/aromatic N) is 1. The van der Waals surface area contributed by atoms with Crippen molar-refractivity contribution < 1.29 is 0 Å². The maximum absolute atomic E-state index is 6.36. The van der Waals surface area contributed by atoms with Crippen LogP contribution in [0.1, 0.15) is 18.4 Å². The Hall–Kier alpha value is -0.380. The Bertz CT molecular complexity index is 393. The maximum atomic E-state index is 6.36. The van der Waals surface area contributed by atoms with Gasteiger partial charge in [-0.2, -0.15) is 11.8 Å². The molecular weight excluding hydrogens is 264 g/mol. The van der Waals surface area contributed by atoms with Gasteiger partial charge in [0.1, 0.15) is 0 Å². The lowest BCUT2D eigenvalue weighted by Crippen LogP contribution is -2.24. The highest BCUT2D eigenvalue weighted by atomic mass is 35.5. The van der Waals surface area contributed by atoms with Crippen molar-refractivity contribution in [1.29, 1.82) is 0 Å². The minimum absolute atomic E-state index is 0.730. The van der Waals surface area contributed by atoms with E-state index in [4.69, 9.17) is 11.6 Å². The molecule has 1 fully saturated rings. The van der Waals surface area contributed by atoms with Crippen LogP contribution in [0.15, 0.2) is 18.2 Å². The van der Waals surface area contributed by atoms with Crippen LogP contribution < -0.4 is 10.2 Å². The second-order valence-corrected chi connectivity index (χ2v) is 6.21. The number of halogens is 1. The SMILES string of the molecule is CSCCN(C)c1c(Cl)cccc1CNC1CC1. The van der Waals surface area contributed by atoms with Crippen molar-refractivity contribution in [3.8, 4) is 0 Å². The van der Waals surface area contributed by atoms with E-state index >= 15 is 0 Å². The molecule has 0 atom stereocenters. The molecule has 1 aromatic rings. The molecular formula is C14H21ClN2S. The van der Waals surface area contributed by atoms with Gasteiger partial charge < -0.3 is 10.2 Å². The minimum Gasteiger partial charge on any atom is -0.372 e. The Labute approximate surface area is 119 Å². The molecule has 0 aliphatic heterocycles. The van der Waals surface area contributed by atoms with Gasteiger partial charge in [-0.1, -0.05) is 23.7 Å². The number of nitrogens with one attached hydrogen (secondary N) is 1. The number of hydrogen-bond donors (Lipinski definition) is 1. The van der Waals surface area contributed by atoms with E-state index in [1.54, 1.807) is 0 Å². The van der Waals surface area contributed by atoms with E-state index in [1.807, 2.05) is 23.9 Å². The van der Waals surface area contributed by atoms with Crippen LogP contribution in [0.2, 0.25) is 5.02 Å². The molecule has 18 heavy (non-hydrogen) atoms. The highest BCUT2D eigenvalue weighted by Crippen LogP contribution is 2.30. The molecule has 1 aliphatic carbocycles. The zero-order chi connectivity index (χ0) is 13.0. The standard InChI is InChI=1S/C14H21ClN2S/c1-17(8-9-18-2)14-11(4-3-5-13(14)15)10-16-12-6-7-12/h3-5,12,16H,6-10H2,1-2H3. The van der Waals surface area contributed by atoms with Crippen LogP contribution in [-0.2, 0) is 6.54 Å². The van der Waals surface area contributed by atoms with E-state index < -0.39 is 0 Å². The zero-order valence-electron chi connectivity index (χ0n) is 11.1. The van der Waals surface area contributed by atoms with Crippen LogP contribution in [0.4, 0.5) is 5.69 Å². The molecule has 0 heterocycles. The van der Waals surface area contributed by atoms with Crippen LogP contribution in [-0.4, -0.2) is 31.6 Å². The van der Waals surface area contributed by atoms with Crippen LogP contribution in [0.3, 0.4) is 0 Å². The van der Waals surface area contributed by atoms with Crippen LogP contribution in [0, 0.1) is 0 Å².